The molecule has 31 heavy (non-hydrogen) atoms. The van der Waals surface area contributed by atoms with Crippen molar-refractivity contribution in [3.05, 3.63) is 70.9 Å². The van der Waals surface area contributed by atoms with Crippen molar-refractivity contribution in [1.29, 1.82) is 0 Å². The molecule has 2 heterocycles. The van der Waals surface area contributed by atoms with Crippen molar-refractivity contribution >= 4 is 17.5 Å². The van der Waals surface area contributed by atoms with Gasteiger partial charge in [0.25, 0.3) is 11.8 Å². The quantitative estimate of drug-likeness (QED) is 0.432. The Morgan fingerprint density at radius 3 is 2.65 bits per heavy atom. The number of amides is 1. The van der Waals surface area contributed by atoms with Crippen molar-refractivity contribution in [2.24, 2.45) is 5.73 Å². The second-order valence-corrected chi connectivity index (χ2v) is 7.10. The lowest BCUT2D eigenvalue weighted by Crippen LogP contribution is -2.19. The molecule has 0 aliphatic heterocycles. The Kier molecular flexibility index (Phi) is 5.90. The second kappa shape index (κ2) is 8.93. The van der Waals surface area contributed by atoms with E-state index in [-0.39, 0.29) is 19.1 Å². The zero-order chi connectivity index (χ0) is 21.8. The topological polar surface area (TPSA) is 114 Å². The van der Waals surface area contributed by atoms with Gasteiger partial charge in [-0.25, -0.2) is 0 Å². The van der Waals surface area contributed by atoms with Gasteiger partial charge in [-0.15, -0.1) is 0 Å². The predicted molar refractivity (Wildman–Crippen MR) is 113 cm³/mol. The highest BCUT2D eigenvalue weighted by Crippen LogP contribution is 2.27. The van der Waals surface area contributed by atoms with Crippen LogP contribution in [0.25, 0.3) is 23.0 Å². The fourth-order valence-electron chi connectivity index (χ4n) is 2.79. The number of carbonyl (C=O) groups is 1. The number of hydrogen-bond donors (Lipinski definition) is 1. The van der Waals surface area contributed by atoms with Gasteiger partial charge in [0, 0.05) is 10.6 Å². The number of nitrogens with zero attached hydrogens (tertiary/aromatic N) is 2. The van der Waals surface area contributed by atoms with Gasteiger partial charge in [-0.2, -0.15) is 4.98 Å². The Morgan fingerprint density at radius 1 is 1.10 bits per heavy atom. The standard InChI is InChI=1S/C22H18ClN3O5/c1-13-10-15(23)4-8-18(13)29-11-17-7-9-19(30-17)22-25-21(26-31-22)14-2-5-16(6-3-14)28-12-20(24)27/h2-10H,11-12H2,1H3,(H2,24,27). The highest BCUT2D eigenvalue weighted by atomic mass is 35.5. The molecule has 0 saturated heterocycles. The van der Waals surface area contributed by atoms with Crippen molar-refractivity contribution in [3.8, 4) is 34.5 Å². The van der Waals surface area contributed by atoms with Crippen molar-refractivity contribution < 1.29 is 23.2 Å². The van der Waals surface area contributed by atoms with Crippen LogP contribution in [0, 0.1) is 6.92 Å². The van der Waals surface area contributed by atoms with Crippen LogP contribution in [0.1, 0.15) is 11.3 Å². The van der Waals surface area contributed by atoms with Crippen LogP contribution in [-0.4, -0.2) is 22.7 Å². The van der Waals surface area contributed by atoms with E-state index in [0.29, 0.717) is 28.1 Å². The van der Waals surface area contributed by atoms with Gasteiger partial charge in [0.1, 0.15) is 23.9 Å². The highest BCUT2D eigenvalue weighted by molar-refractivity contribution is 6.30. The minimum Gasteiger partial charge on any atom is -0.485 e. The lowest BCUT2D eigenvalue weighted by molar-refractivity contribution is -0.119. The van der Waals surface area contributed by atoms with E-state index in [0.717, 1.165) is 16.9 Å². The van der Waals surface area contributed by atoms with E-state index in [1.54, 1.807) is 42.5 Å². The molecular formula is C22H18ClN3O5. The molecule has 1 amide bonds. The molecule has 0 unspecified atom stereocenters. The maximum absolute atomic E-state index is 10.8. The Bertz CT molecular complexity index is 1200. The van der Waals surface area contributed by atoms with E-state index in [9.17, 15) is 4.79 Å². The van der Waals surface area contributed by atoms with Crippen molar-refractivity contribution in [1.82, 2.24) is 10.1 Å². The molecule has 0 bridgehead atoms. The minimum atomic E-state index is -0.543. The van der Waals surface area contributed by atoms with E-state index >= 15 is 0 Å². The first kappa shape index (κ1) is 20.5. The van der Waals surface area contributed by atoms with Crippen molar-refractivity contribution in [3.63, 3.8) is 0 Å². The number of benzene rings is 2. The first-order valence-corrected chi connectivity index (χ1v) is 9.69. The van der Waals surface area contributed by atoms with Crippen molar-refractivity contribution in [2.45, 2.75) is 13.5 Å². The molecule has 0 saturated carbocycles. The summed E-state index contributed by atoms with van der Waals surface area (Å²) in [5.41, 5.74) is 6.72. The number of aromatic nitrogens is 2. The van der Waals surface area contributed by atoms with Gasteiger partial charge in [0.05, 0.1) is 0 Å². The summed E-state index contributed by atoms with van der Waals surface area (Å²) in [4.78, 5) is 15.2. The van der Waals surface area contributed by atoms with E-state index in [1.807, 2.05) is 19.1 Å². The van der Waals surface area contributed by atoms with Crippen molar-refractivity contribution in [2.75, 3.05) is 6.61 Å². The number of rotatable bonds is 8. The summed E-state index contributed by atoms with van der Waals surface area (Å²) in [5, 5.41) is 4.64. The summed E-state index contributed by atoms with van der Waals surface area (Å²) >= 11 is 5.96. The van der Waals surface area contributed by atoms with Gasteiger partial charge in [0.15, 0.2) is 12.4 Å². The fraction of sp³-hybridized carbons (Fsp3) is 0.136. The normalized spacial score (nSPS) is 10.8. The predicted octanol–water partition coefficient (Wildman–Crippen LogP) is 4.40. The van der Waals surface area contributed by atoms with Crippen LogP contribution in [0.15, 0.2) is 63.5 Å². The van der Waals surface area contributed by atoms with E-state index in [2.05, 4.69) is 10.1 Å². The van der Waals surface area contributed by atoms with E-state index in [1.165, 1.54) is 0 Å². The number of hydrogen-bond acceptors (Lipinski definition) is 7. The summed E-state index contributed by atoms with van der Waals surface area (Å²) in [6.45, 7) is 1.98. The fourth-order valence-corrected chi connectivity index (χ4v) is 3.02. The number of ether oxygens (including phenoxy) is 2. The minimum absolute atomic E-state index is 0.187. The van der Waals surface area contributed by atoms with Crippen LogP contribution in [-0.2, 0) is 11.4 Å². The first-order chi connectivity index (χ1) is 15.0. The first-order valence-electron chi connectivity index (χ1n) is 9.31. The van der Waals surface area contributed by atoms with Gasteiger partial charge >= 0.3 is 0 Å². The monoisotopic (exact) mass is 439 g/mol. The van der Waals surface area contributed by atoms with E-state index < -0.39 is 5.91 Å². The number of furan rings is 1. The zero-order valence-electron chi connectivity index (χ0n) is 16.5. The number of nitrogens with two attached hydrogens (primary N) is 1. The largest absolute Gasteiger partial charge is 0.485 e. The average molecular weight is 440 g/mol. The van der Waals surface area contributed by atoms with Gasteiger partial charge in [-0.05, 0) is 67.1 Å². The Balaban J connectivity index is 1.41. The SMILES string of the molecule is Cc1cc(Cl)ccc1OCc1ccc(-c2nc(-c3ccc(OCC(N)=O)cc3)no2)o1. The lowest BCUT2D eigenvalue weighted by Gasteiger charge is -2.07. The third kappa shape index (κ3) is 5.04. The van der Waals surface area contributed by atoms with Crippen LogP contribution in [0.3, 0.4) is 0 Å². The number of carbonyl (C=O) groups excluding carboxylic acids is 1. The summed E-state index contributed by atoms with van der Waals surface area (Å²) in [5.74, 6) is 2.38. The molecule has 0 fully saturated rings. The highest BCUT2D eigenvalue weighted by Gasteiger charge is 2.15. The molecule has 4 rings (SSSR count). The molecular weight excluding hydrogens is 422 g/mol. The van der Waals surface area contributed by atoms with Crippen LogP contribution in [0.2, 0.25) is 5.02 Å². The molecule has 158 valence electrons. The Labute approximate surface area is 182 Å². The third-order valence-corrected chi connectivity index (χ3v) is 4.53. The van der Waals surface area contributed by atoms with Gasteiger partial charge < -0.3 is 24.1 Å². The van der Waals surface area contributed by atoms with Crippen LogP contribution >= 0.6 is 11.6 Å². The molecule has 9 heteroatoms. The van der Waals surface area contributed by atoms with Gasteiger partial charge in [0.2, 0.25) is 5.82 Å². The third-order valence-electron chi connectivity index (χ3n) is 4.30. The maximum Gasteiger partial charge on any atom is 0.293 e. The molecule has 2 aromatic carbocycles. The maximum atomic E-state index is 10.8. The molecule has 0 aliphatic carbocycles. The summed E-state index contributed by atoms with van der Waals surface area (Å²) < 4.78 is 22.1. The summed E-state index contributed by atoms with van der Waals surface area (Å²) in [6, 6.07) is 15.8. The van der Waals surface area contributed by atoms with Gasteiger partial charge in [-0.1, -0.05) is 16.8 Å². The lowest BCUT2D eigenvalue weighted by atomic mass is 10.2. The number of aryl methyl sites for hydroxylation is 1. The average Bonchev–Trinajstić information content (AvgIpc) is 3.42. The smallest absolute Gasteiger partial charge is 0.293 e. The molecule has 2 N–H and O–H groups in total. The molecule has 0 atom stereocenters. The molecule has 4 aromatic rings. The number of primary amides is 1. The Hall–Kier alpha value is -3.78. The van der Waals surface area contributed by atoms with E-state index in [4.69, 9.17) is 35.7 Å². The number of halogens is 1. The van der Waals surface area contributed by atoms with Gasteiger partial charge in [-0.3, -0.25) is 4.79 Å². The molecule has 0 aliphatic rings. The summed E-state index contributed by atoms with van der Waals surface area (Å²) in [7, 11) is 0. The molecule has 0 radical (unpaired) electrons. The van der Waals surface area contributed by atoms with Crippen LogP contribution < -0.4 is 15.2 Å². The zero-order valence-corrected chi connectivity index (χ0v) is 17.3. The molecule has 0 spiro atoms. The van der Waals surface area contributed by atoms with Crippen LogP contribution in [0.4, 0.5) is 0 Å². The second-order valence-electron chi connectivity index (χ2n) is 6.67. The molecule has 8 nitrogen and oxygen atoms in total. The Morgan fingerprint density at radius 2 is 1.90 bits per heavy atom. The molecule has 2 aromatic heterocycles. The van der Waals surface area contributed by atoms with Crippen LogP contribution in [0.5, 0.6) is 11.5 Å². The summed E-state index contributed by atoms with van der Waals surface area (Å²) in [6.07, 6.45) is 0.